The van der Waals surface area contributed by atoms with Crippen molar-refractivity contribution in [2.75, 3.05) is 5.73 Å². The lowest BCUT2D eigenvalue weighted by atomic mass is 10.3. The van der Waals surface area contributed by atoms with Crippen molar-refractivity contribution in [1.82, 2.24) is 24.7 Å². The number of rotatable bonds is 4. The monoisotopic (exact) mass is 258 g/mol. The van der Waals surface area contributed by atoms with Crippen LogP contribution < -0.4 is 5.73 Å². The second-order valence-corrected chi connectivity index (χ2v) is 4.85. The van der Waals surface area contributed by atoms with E-state index in [0.29, 0.717) is 11.7 Å². The highest BCUT2D eigenvalue weighted by Gasteiger charge is 2.27. The highest BCUT2D eigenvalue weighted by molar-refractivity contribution is 5.38. The smallest absolute Gasteiger partial charge is 0.161 e. The Morgan fingerprint density at radius 1 is 1.21 bits per heavy atom. The number of hydrogen-bond donors (Lipinski definition) is 1. The summed E-state index contributed by atoms with van der Waals surface area (Å²) in [4.78, 5) is 13.4. The largest absolute Gasteiger partial charge is 0.384 e. The number of aromatic nitrogens is 5. The van der Waals surface area contributed by atoms with Gasteiger partial charge in [0.15, 0.2) is 11.6 Å². The lowest BCUT2D eigenvalue weighted by molar-refractivity contribution is 0.753. The normalized spacial score (nSPS) is 14.8. The number of nitrogens with zero attached hydrogens (tertiary/aromatic N) is 5. The third-order valence-electron chi connectivity index (χ3n) is 3.26. The summed E-state index contributed by atoms with van der Waals surface area (Å²) in [5.74, 6) is 4.30. The molecule has 0 bridgehead atoms. The van der Waals surface area contributed by atoms with Crippen molar-refractivity contribution in [3.05, 3.63) is 23.5 Å². The molecule has 3 rings (SSSR count). The molecule has 1 aliphatic rings. The van der Waals surface area contributed by atoms with Crippen LogP contribution in [0.15, 0.2) is 6.07 Å². The fourth-order valence-electron chi connectivity index (χ4n) is 2.06. The van der Waals surface area contributed by atoms with E-state index in [2.05, 4.69) is 27.0 Å². The molecule has 6 nitrogen and oxygen atoms in total. The Balaban J connectivity index is 2.07. The number of aryl methyl sites for hydroxylation is 2. The fourth-order valence-corrected chi connectivity index (χ4v) is 2.06. The molecule has 2 aromatic rings. The zero-order valence-electron chi connectivity index (χ0n) is 11.3. The molecular formula is C13H18N6. The van der Waals surface area contributed by atoms with Crippen molar-refractivity contribution in [3.63, 3.8) is 0 Å². The number of hydrogen-bond acceptors (Lipinski definition) is 5. The lowest BCUT2D eigenvalue weighted by Crippen LogP contribution is -2.09. The summed E-state index contributed by atoms with van der Waals surface area (Å²) in [6.07, 6.45) is 3.94. The van der Waals surface area contributed by atoms with Gasteiger partial charge in [0, 0.05) is 24.8 Å². The molecule has 0 unspecified atom stereocenters. The Morgan fingerprint density at radius 3 is 2.63 bits per heavy atom. The van der Waals surface area contributed by atoms with Gasteiger partial charge in [-0.1, -0.05) is 13.8 Å². The van der Waals surface area contributed by atoms with Gasteiger partial charge in [-0.25, -0.2) is 15.0 Å². The van der Waals surface area contributed by atoms with Crippen molar-refractivity contribution >= 4 is 5.82 Å². The van der Waals surface area contributed by atoms with Crippen molar-refractivity contribution in [2.24, 2.45) is 0 Å². The molecular weight excluding hydrogens is 240 g/mol. The molecule has 0 aliphatic heterocycles. The molecule has 0 amide bonds. The van der Waals surface area contributed by atoms with Crippen LogP contribution in [0, 0.1) is 0 Å². The Hall–Kier alpha value is -1.98. The minimum atomic E-state index is 0.474. The minimum Gasteiger partial charge on any atom is -0.384 e. The molecule has 1 saturated carbocycles. The summed E-state index contributed by atoms with van der Waals surface area (Å²) in [7, 11) is 0. The molecule has 0 aromatic carbocycles. The van der Waals surface area contributed by atoms with Crippen LogP contribution in [0.1, 0.15) is 50.1 Å². The summed E-state index contributed by atoms with van der Waals surface area (Å²) >= 11 is 0. The quantitative estimate of drug-likeness (QED) is 0.901. The third-order valence-corrected chi connectivity index (χ3v) is 3.26. The lowest BCUT2D eigenvalue weighted by Gasteiger charge is -2.06. The van der Waals surface area contributed by atoms with E-state index in [1.807, 2.05) is 6.92 Å². The average Bonchev–Trinajstić information content (AvgIpc) is 3.17. The molecule has 19 heavy (non-hydrogen) atoms. The number of nitrogen functional groups attached to an aromatic ring is 1. The van der Waals surface area contributed by atoms with Gasteiger partial charge in [-0.05, 0) is 12.8 Å². The summed E-state index contributed by atoms with van der Waals surface area (Å²) in [5.41, 5.74) is 5.88. The molecule has 2 N–H and O–H groups in total. The zero-order chi connectivity index (χ0) is 13.4. The summed E-state index contributed by atoms with van der Waals surface area (Å²) in [6.45, 7) is 4.11. The van der Waals surface area contributed by atoms with Gasteiger partial charge in [0.25, 0.3) is 0 Å². The fraction of sp³-hybridized carbons (Fsp3) is 0.538. The topological polar surface area (TPSA) is 82.5 Å². The van der Waals surface area contributed by atoms with E-state index < -0.39 is 0 Å². The second-order valence-electron chi connectivity index (χ2n) is 4.85. The molecule has 1 fully saturated rings. The standard InChI is InChI=1S/C13H18N6/c1-3-10-16-11(4-2)19(18-10)12-7-9(14)15-13(17-12)8-5-6-8/h7-8H,3-6H2,1-2H3,(H2,14,15,17). The predicted octanol–water partition coefficient (Wildman–Crippen LogP) is 1.64. The van der Waals surface area contributed by atoms with Crippen LogP contribution in [0.25, 0.3) is 5.82 Å². The molecule has 2 heterocycles. The molecule has 0 radical (unpaired) electrons. The van der Waals surface area contributed by atoms with Gasteiger partial charge in [-0.2, -0.15) is 4.68 Å². The summed E-state index contributed by atoms with van der Waals surface area (Å²) < 4.78 is 1.79. The summed E-state index contributed by atoms with van der Waals surface area (Å²) in [5, 5.41) is 4.49. The minimum absolute atomic E-state index is 0.474. The van der Waals surface area contributed by atoms with Gasteiger partial charge in [0.05, 0.1) is 0 Å². The molecule has 2 aromatic heterocycles. The van der Waals surface area contributed by atoms with E-state index in [4.69, 9.17) is 5.73 Å². The van der Waals surface area contributed by atoms with E-state index in [-0.39, 0.29) is 0 Å². The van der Waals surface area contributed by atoms with Gasteiger partial charge in [0.1, 0.15) is 17.5 Å². The van der Waals surface area contributed by atoms with Crippen LogP contribution in [0.3, 0.4) is 0 Å². The molecule has 0 atom stereocenters. The highest BCUT2D eigenvalue weighted by Crippen LogP contribution is 2.38. The van der Waals surface area contributed by atoms with E-state index in [0.717, 1.165) is 49.0 Å². The van der Waals surface area contributed by atoms with Crippen molar-refractivity contribution in [2.45, 2.75) is 45.4 Å². The summed E-state index contributed by atoms with van der Waals surface area (Å²) in [6, 6.07) is 1.76. The average molecular weight is 258 g/mol. The Bertz CT molecular complexity index is 599. The van der Waals surface area contributed by atoms with E-state index >= 15 is 0 Å². The Morgan fingerprint density at radius 2 is 2.00 bits per heavy atom. The van der Waals surface area contributed by atoms with Crippen molar-refractivity contribution in [3.8, 4) is 5.82 Å². The van der Waals surface area contributed by atoms with Gasteiger partial charge in [-0.3, -0.25) is 0 Å². The van der Waals surface area contributed by atoms with Gasteiger partial charge in [-0.15, -0.1) is 5.10 Å². The van der Waals surface area contributed by atoms with Crippen LogP contribution in [0.2, 0.25) is 0 Å². The van der Waals surface area contributed by atoms with E-state index in [1.165, 1.54) is 0 Å². The third kappa shape index (κ3) is 2.30. The predicted molar refractivity (Wildman–Crippen MR) is 72.1 cm³/mol. The zero-order valence-corrected chi connectivity index (χ0v) is 11.3. The molecule has 100 valence electrons. The molecule has 0 saturated heterocycles. The van der Waals surface area contributed by atoms with Crippen LogP contribution in [0.5, 0.6) is 0 Å². The molecule has 6 heteroatoms. The maximum absolute atomic E-state index is 5.88. The van der Waals surface area contributed by atoms with Crippen molar-refractivity contribution < 1.29 is 0 Å². The SMILES string of the molecule is CCc1nc(CC)n(-c2cc(N)nc(C3CC3)n2)n1. The van der Waals surface area contributed by atoms with Gasteiger partial charge in [0.2, 0.25) is 0 Å². The van der Waals surface area contributed by atoms with E-state index in [9.17, 15) is 0 Å². The first-order valence-electron chi connectivity index (χ1n) is 6.80. The second kappa shape index (κ2) is 4.60. The molecule has 1 aliphatic carbocycles. The van der Waals surface area contributed by atoms with Crippen molar-refractivity contribution in [1.29, 1.82) is 0 Å². The maximum atomic E-state index is 5.88. The van der Waals surface area contributed by atoms with Gasteiger partial charge < -0.3 is 5.73 Å². The maximum Gasteiger partial charge on any atom is 0.161 e. The molecule has 0 spiro atoms. The first-order valence-corrected chi connectivity index (χ1v) is 6.80. The first kappa shape index (κ1) is 12.1. The van der Waals surface area contributed by atoms with Crippen LogP contribution in [-0.4, -0.2) is 24.7 Å². The Labute approximate surface area is 112 Å². The first-order chi connectivity index (χ1) is 9.21. The highest BCUT2D eigenvalue weighted by atomic mass is 15.4. The number of anilines is 1. The van der Waals surface area contributed by atoms with Gasteiger partial charge >= 0.3 is 0 Å². The Kier molecular flexibility index (Phi) is 2.93. The van der Waals surface area contributed by atoms with Crippen LogP contribution in [-0.2, 0) is 12.8 Å². The number of nitrogens with two attached hydrogens (primary N) is 1. The van der Waals surface area contributed by atoms with Crippen LogP contribution >= 0.6 is 0 Å². The van der Waals surface area contributed by atoms with E-state index in [1.54, 1.807) is 10.7 Å². The van der Waals surface area contributed by atoms with Crippen LogP contribution in [0.4, 0.5) is 5.82 Å².